The third-order valence-corrected chi connectivity index (χ3v) is 5.59. The fourth-order valence-electron chi connectivity index (χ4n) is 3.82. The lowest BCUT2D eigenvalue weighted by atomic mass is 10.0. The van der Waals surface area contributed by atoms with E-state index in [9.17, 15) is 0 Å². The Morgan fingerprint density at radius 3 is 2.41 bits per heavy atom. The average molecular weight is 416 g/mol. The van der Waals surface area contributed by atoms with Crippen LogP contribution in [0.25, 0.3) is 38.7 Å². The van der Waals surface area contributed by atoms with Gasteiger partial charge in [0, 0.05) is 20.8 Å². The number of rotatable bonds is 3. The molecule has 3 aromatic carbocycles. The molecule has 0 fully saturated rings. The Labute approximate surface area is 165 Å². The summed E-state index contributed by atoms with van der Waals surface area (Å²) in [7, 11) is 0. The van der Waals surface area contributed by atoms with E-state index in [-0.39, 0.29) is 0 Å². The molecule has 0 spiro atoms. The molecule has 0 radical (unpaired) electrons. The third kappa shape index (κ3) is 2.63. The Balaban J connectivity index is 1.93. The summed E-state index contributed by atoms with van der Waals surface area (Å²) in [5.41, 5.74) is 4.47. The van der Waals surface area contributed by atoms with Crippen LogP contribution in [0.2, 0.25) is 0 Å². The molecule has 0 N–H and O–H groups in total. The van der Waals surface area contributed by atoms with Crippen LogP contribution >= 0.6 is 15.9 Å². The first kappa shape index (κ1) is 16.5. The first-order valence-electron chi connectivity index (χ1n) is 9.20. The molecule has 2 heterocycles. The second-order valence-electron chi connectivity index (χ2n) is 6.84. The van der Waals surface area contributed by atoms with Gasteiger partial charge in [0.05, 0.1) is 5.52 Å². The molecule has 2 aromatic heterocycles. The van der Waals surface area contributed by atoms with Gasteiger partial charge >= 0.3 is 0 Å². The summed E-state index contributed by atoms with van der Waals surface area (Å²) in [5.74, 6) is 0.872. The van der Waals surface area contributed by atoms with Crippen LogP contribution < -0.4 is 0 Å². The summed E-state index contributed by atoms with van der Waals surface area (Å²) in [6.07, 6.45) is 2.23. The van der Waals surface area contributed by atoms with Crippen LogP contribution in [0.15, 0.2) is 71.2 Å². The molecule has 0 aliphatic heterocycles. The first-order valence-corrected chi connectivity index (χ1v) is 10.00. The molecule has 0 unspecified atom stereocenters. The largest absolute Gasteiger partial charge is 0.274 e. The zero-order valence-corrected chi connectivity index (χ0v) is 16.6. The highest BCUT2D eigenvalue weighted by molar-refractivity contribution is 9.10. The van der Waals surface area contributed by atoms with Crippen molar-refractivity contribution in [2.45, 2.75) is 19.8 Å². The van der Waals surface area contributed by atoms with Crippen LogP contribution in [0.4, 0.5) is 0 Å². The van der Waals surface area contributed by atoms with E-state index in [2.05, 4.69) is 92.0 Å². The number of fused-ring (bicyclic) bond motifs is 6. The first-order chi connectivity index (χ1) is 13.3. The van der Waals surface area contributed by atoms with Gasteiger partial charge in [-0.3, -0.25) is 4.40 Å². The monoisotopic (exact) mass is 415 g/mol. The SMILES string of the molecule is CCCc1ccc2c(c1)c1ccccc1c1nnc(-c3ccc(Br)cc3)n21. The van der Waals surface area contributed by atoms with E-state index in [0.29, 0.717) is 0 Å². The van der Waals surface area contributed by atoms with Crippen molar-refractivity contribution in [1.29, 1.82) is 0 Å². The molecule has 132 valence electrons. The van der Waals surface area contributed by atoms with Crippen LogP contribution in [0.3, 0.4) is 0 Å². The summed E-state index contributed by atoms with van der Waals surface area (Å²) in [4.78, 5) is 0. The summed E-state index contributed by atoms with van der Waals surface area (Å²) >= 11 is 3.51. The van der Waals surface area contributed by atoms with Crippen molar-refractivity contribution < 1.29 is 0 Å². The predicted molar refractivity (Wildman–Crippen MR) is 115 cm³/mol. The average Bonchev–Trinajstić information content (AvgIpc) is 3.14. The van der Waals surface area contributed by atoms with Gasteiger partial charge in [-0.1, -0.05) is 71.7 Å². The molecule has 0 aliphatic carbocycles. The van der Waals surface area contributed by atoms with Crippen molar-refractivity contribution in [1.82, 2.24) is 14.6 Å². The minimum absolute atomic E-state index is 0.872. The van der Waals surface area contributed by atoms with E-state index in [1.807, 2.05) is 12.1 Å². The van der Waals surface area contributed by atoms with E-state index in [4.69, 9.17) is 0 Å². The van der Waals surface area contributed by atoms with Crippen molar-refractivity contribution in [3.8, 4) is 11.4 Å². The highest BCUT2D eigenvalue weighted by Crippen LogP contribution is 2.32. The van der Waals surface area contributed by atoms with Crippen molar-refractivity contribution >= 4 is 43.3 Å². The van der Waals surface area contributed by atoms with Crippen molar-refractivity contribution in [2.24, 2.45) is 0 Å². The topological polar surface area (TPSA) is 30.2 Å². The maximum atomic E-state index is 4.56. The van der Waals surface area contributed by atoms with Crippen LogP contribution in [0.5, 0.6) is 0 Å². The fourth-order valence-corrected chi connectivity index (χ4v) is 4.09. The highest BCUT2D eigenvalue weighted by Gasteiger charge is 2.15. The number of aryl methyl sites for hydroxylation is 1. The van der Waals surface area contributed by atoms with Gasteiger partial charge < -0.3 is 0 Å². The molecule has 5 aromatic rings. The van der Waals surface area contributed by atoms with Gasteiger partial charge in [-0.05, 0) is 41.6 Å². The van der Waals surface area contributed by atoms with E-state index in [0.717, 1.165) is 45.3 Å². The molecule has 4 heteroatoms. The molecule has 0 aliphatic rings. The maximum Gasteiger partial charge on any atom is 0.169 e. The van der Waals surface area contributed by atoms with Gasteiger partial charge in [-0.15, -0.1) is 10.2 Å². The normalized spacial score (nSPS) is 11.6. The van der Waals surface area contributed by atoms with E-state index < -0.39 is 0 Å². The molecule has 0 amide bonds. The molecule has 0 bridgehead atoms. The van der Waals surface area contributed by atoms with Crippen molar-refractivity contribution in [2.75, 3.05) is 0 Å². The van der Waals surface area contributed by atoms with Gasteiger partial charge in [-0.2, -0.15) is 0 Å². The second kappa shape index (κ2) is 6.46. The van der Waals surface area contributed by atoms with Crippen molar-refractivity contribution in [3.05, 3.63) is 76.8 Å². The highest BCUT2D eigenvalue weighted by atomic mass is 79.9. The molecule has 5 rings (SSSR count). The number of aromatic nitrogens is 3. The van der Waals surface area contributed by atoms with Gasteiger partial charge in [-0.25, -0.2) is 0 Å². The molecule has 0 atom stereocenters. The van der Waals surface area contributed by atoms with Gasteiger partial charge in [0.25, 0.3) is 0 Å². The minimum atomic E-state index is 0.872. The number of halogens is 1. The Kier molecular flexibility index (Phi) is 3.94. The maximum absolute atomic E-state index is 4.56. The van der Waals surface area contributed by atoms with Gasteiger partial charge in [0.1, 0.15) is 0 Å². The lowest BCUT2D eigenvalue weighted by Gasteiger charge is -2.11. The number of hydrogen-bond donors (Lipinski definition) is 0. The smallest absolute Gasteiger partial charge is 0.169 e. The van der Waals surface area contributed by atoms with Crippen LogP contribution in [0, 0.1) is 0 Å². The standard InChI is InChI=1S/C23H18BrN3/c1-2-5-15-8-13-21-20(14-15)18-6-3-4-7-19(18)23-26-25-22(27(21)23)16-9-11-17(24)12-10-16/h3-4,6-14H,2,5H2,1H3. The molecule has 27 heavy (non-hydrogen) atoms. The van der Waals surface area contributed by atoms with Crippen LogP contribution in [-0.4, -0.2) is 14.6 Å². The third-order valence-electron chi connectivity index (χ3n) is 5.06. The zero-order chi connectivity index (χ0) is 18.4. The molecule has 0 saturated carbocycles. The summed E-state index contributed by atoms with van der Waals surface area (Å²) in [5, 5.41) is 12.7. The number of hydrogen-bond acceptors (Lipinski definition) is 2. The molecule has 3 nitrogen and oxygen atoms in total. The number of nitrogens with zero attached hydrogens (tertiary/aromatic N) is 3. The quantitative estimate of drug-likeness (QED) is 0.318. The Hall–Kier alpha value is -2.72. The summed E-state index contributed by atoms with van der Waals surface area (Å²) in [6, 6.07) is 23.5. The second-order valence-corrected chi connectivity index (χ2v) is 7.75. The Morgan fingerprint density at radius 1 is 0.852 bits per heavy atom. The minimum Gasteiger partial charge on any atom is -0.274 e. The zero-order valence-electron chi connectivity index (χ0n) is 15.0. The van der Waals surface area contributed by atoms with Crippen LogP contribution in [0.1, 0.15) is 18.9 Å². The lowest BCUT2D eigenvalue weighted by Crippen LogP contribution is -1.95. The van der Waals surface area contributed by atoms with E-state index in [1.54, 1.807) is 0 Å². The predicted octanol–water partition coefficient (Wildman–Crippen LogP) is 6.42. The fraction of sp³-hybridized carbons (Fsp3) is 0.130. The van der Waals surface area contributed by atoms with Gasteiger partial charge in [0.2, 0.25) is 0 Å². The Bertz CT molecular complexity index is 1290. The van der Waals surface area contributed by atoms with E-state index in [1.165, 1.54) is 16.3 Å². The molecule has 0 saturated heterocycles. The number of pyridine rings is 1. The van der Waals surface area contributed by atoms with Gasteiger partial charge in [0.15, 0.2) is 11.5 Å². The van der Waals surface area contributed by atoms with E-state index >= 15 is 0 Å². The lowest BCUT2D eigenvalue weighted by molar-refractivity contribution is 0.923. The van der Waals surface area contributed by atoms with Crippen molar-refractivity contribution in [3.63, 3.8) is 0 Å². The van der Waals surface area contributed by atoms with Crippen LogP contribution in [-0.2, 0) is 6.42 Å². The molecular weight excluding hydrogens is 398 g/mol. The Morgan fingerprint density at radius 2 is 1.63 bits per heavy atom. The molecular formula is C23H18BrN3. The number of benzene rings is 3. The summed E-state index contributed by atoms with van der Waals surface area (Å²) < 4.78 is 3.25. The summed E-state index contributed by atoms with van der Waals surface area (Å²) in [6.45, 7) is 2.22.